The van der Waals surface area contributed by atoms with E-state index >= 15 is 0 Å². The van der Waals surface area contributed by atoms with Crippen molar-refractivity contribution >= 4 is 0 Å². The molecule has 54 valence electrons. The zero-order valence-electron chi connectivity index (χ0n) is 6.01. The summed E-state index contributed by atoms with van der Waals surface area (Å²) < 4.78 is 5.33. The van der Waals surface area contributed by atoms with Crippen LogP contribution in [0.3, 0.4) is 0 Å². The van der Waals surface area contributed by atoms with Crippen LogP contribution in [0.5, 0.6) is 0 Å². The van der Waals surface area contributed by atoms with Crippen molar-refractivity contribution in [2.45, 2.75) is 32.7 Å². The monoisotopic (exact) mass is 132 g/mol. The Balaban J connectivity index is 2.41. The van der Waals surface area contributed by atoms with E-state index in [0.29, 0.717) is 6.61 Å². The number of ether oxygens (including phenoxy) is 1. The molecule has 9 heavy (non-hydrogen) atoms. The summed E-state index contributed by atoms with van der Waals surface area (Å²) in [7, 11) is 0. The molecule has 0 spiro atoms. The van der Waals surface area contributed by atoms with Gasteiger partial charge in [-0.3, -0.25) is 0 Å². The Kier molecular flexibility index (Phi) is 1.75. The van der Waals surface area contributed by atoms with Crippen molar-refractivity contribution in [3.05, 3.63) is 0 Å². The van der Waals surface area contributed by atoms with Crippen LogP contribution in [-0.2, 0) is 14.5 Å². The molecule has 1 heterocycles. The number of hydrogen-bond donors (Lipinski definition) is 0. The molecular weight excluding hydrogens is 120 g/mol. The van der Waals surface area contributed by atoms with E-state index in [1.165, 1.54) is 0 Å². The first-order valence-electron chi connectivity index (χ1n) is 3.06. The van der Waals surface area contributed by atoms with Crippen LogP contribution >= 0.6 is 0 Å². The third-order valence-electron chi connectivity index (χ3n) is 1.10. The predicted octanol–water partition coefficient (Wildman–Crippen LogP) is 1.09. The van der Waals surface area contributed by atoms with E-state index in [9.17, 15) is 0 Å². The van der Waals surface area contributed by atoms with Gasteiger partial charge in [0.1, 0.15) is 6.61 Å². The molecule has 0 N–H and O–H groups in total. The Morgan fingerprint density at radius 1 is 1.44 bits per heavy atom. The molecule has 0 amide bonds. The Morgan fingerprint density at radius 2 is 2.11 bits per heavy atom. The SMILES string of the molecule is CC1OOCC(C)(C)O1. The lowest BCUT2D eigenvalue weighted by molar-refractivity contribution is -0.443. The van der Waals surface area contributed by atoms with E-state index in [2.05, 4.69) is 0 Å². The Hall–Kier alpha value is -0.120. The van der Waals surface area contributed by atoms with Crippen molar-refractivity contribution in [1.29, 1.82) is 0 Å². The van der Waals surface area contributed by atoms with Crippen LogP contribution in [-0.4, -0.2) is 18.5 Å². The lowest BCUT2D eigenvalue weighted by atomic mass is 10.1. The second-order valence-corrected chi connectivity index (χ2v) is 2.80. The van der Waals surface area contributed by atoms with Crippen molar-refractivity contribution in [3.63, 3.8) is 0 Å². The fraction of sp³-hybridized carbons (Fsp3) is 1.00. The number of rotatable bonds is 0. The Morgan fingerprint density at radius 3 is 2.44 bits per heavy atom. The van der Waals surface area contributed by atoms with Crippen molar-refractivity contribution in [2.24, 2.45) is 0 Å². The topological polar surface area (TPSA) is 27.7 Å². The molecular formula is C6H12O3. The van der Waals surface area contributed by atoms with E-state index in [4.69, 9.17) is 14.5 Å². The zero-order chi connectivity index (χ0) is 6.91. The quantitative estimate of drug-likeness (QED) is 0.462. The summed E-state index contributed by atoms with van der Waals surface area (Å²) in [5.41, 5.74) is -0.197. The van der Waals surface area contributed by atoms with Gasteiger partial charge in [0.2, 0.25) is 0 Å². The second kappa shape index (κ2) is 2.25. The van der Waals surface area contributed by atoms with Crippen molar-refractivity contribution in [3.8, 4) is 0 Å². The van der Waals surface area contributed by atoms with Crippen molar-refractivity contribution < 1.29 is 14.5 Å². The normalized spacial score (nSPS) is 34.3. The van der Waals surface area contributed by atoms with Crippen LogP contribution in [0.2, 0.25) is 0 Å². The van der Waals surface area contributed by atoms with Crippen LogP contribution in [0.4, 0.5) is 0 Å². The van der Waals surface area contributed by atoms with Crippen molar-refractivity contribution in [1.82, 2.24) is 0 Å². The van der Waals surface area contributed by atoms with Crippen molar-refractivity contribution in [2.75, 3.05) is 6.61 Å². The lowest BCUT2D eigenvalue weighted by Crippen LogP contribution is -2.40. The maximum Gasteiger partial charge on any atom is 0.189 e. The first-order valence-corrected chi connectivity index (χ1v) is 3.06. The highest BCUT2D eigenvalue weighted by Gasteiger charge is 2.27. The van der Waals surface area contributed by atoms with Crippen LogP contribution < -0.4 is 0 Å². The summed E-state index contributed by atoms with van der Waals surface area (Å²) in [4.78, 5) is 9.46. The van der Waals surface area contributed by atoms with E-state index in [0.717, 1.165) is 0 Å². The highest BCUT2D eigenvalue weighted by atomic mass is 17.2. The molecule has 0 radical (unpaired) electrons. The maximum atomic E-state index is 5.33. The van der Waals surface area contributed by atoms with Crippen LogP contribution in [0, 0.1) is 0 Å². The van der Waals surface area contributed by atoms with Gasteiger partial charge in [-0.1, -0.05) is 0 Å². The molecule has 1 fully saturated rings. The maximum absolute atomic E-state index is 5.33. The Bertz CT molecular complexity index is 100. The third-order valence-corrected chi connectivity index (χ3v) is 1.10. The van der Waals surface area contributed by atoms with Gasteiger partial charge < -0.3 is 4.74 Å². The van der Waals surface area contributed by atoms with E-state index < -0.39 is 0 Å². The van der Waals surface area contributed by atoms with Gasteiger partial charge in [0.15, 0.2) is 6.29 Å². The summed E-state index contributed by atoms with van der Waals surface area (Å²) in [6.07, 6.45) is -0.242. The molecule has 0 aromatic heterocycles. The molecule has 1 rings (SSSR count). The van der Waals surface area contributed by atoms with Gasteiger partial charge in [-0.2, -0.15) is 0 Å². The van der Waals surface area contributed by atoms with Gasteiger partial charge in [0.05, 0.1) is 5.60 Å². The van der Waals surface area contributed by atoms with E-state index in [-0.39, 0.29) is 11.9 Å². The first-order chi connectivity index (χ1) is 4.10. The molecule has 0 saturated carbocycles. The summed E-state index contributed by atoms with van der Waals surface area (Å²) in [6, 6.07) is 0. The average Bonchev–Trinajstić information content (AvgIpc) is 1.60. The first kappa shape index (κ1) is 6.99. The molecule has 1 saturated heterocycles. The predicted molar refractivity (Wildman–Crippen MR) is 31.7 cm³/mol. The molecule has 0 aromatic rings. The summed E-state index contributed by atoms with van der Waals surface area (Å²) >= 11 is 0. The van der Waals surface area contributed by atoms with Gasteiger partial charge in [-0.15, -0.1) is 0 Å². The van der Waals surface area contributed by atoms with E-state index in [1.54, 1.807) is 6.92 Å². The molecule has 1 aliphatic rings. The fourth-order valence-corrected chi connectivity index (χ4v) is 0.775. The third kappa shape index (κ3) is 1.93. The minimum atomic E-state index is -0.242. The summed E-state index contributed by atoms with van der Waals surface area (Å²) in [5, 5.41) is 0. The molecule has 3 heteroatoms. The van der Waals surface area contributed by atoms with Crippen LogP contribution in [0.25, 0.3) is 0 Å². The second-order valence-electron chi connectivity index (χ2n) is 2.80. The van der Waals surface area contributed by atoms with Crippen LogP contribution in [0.1, 0.15) is 20.8 Å². The van der Waals surface area contributed by atoms with Gasteiger partial charge in [0, 0.05) is 0 Å². The fourth-order valence-electron chi connectivity index (χ4n) is 0.775. The molecule has 3 nitrogen and oxygen atoms in total. The highest BCUT2D eigenvalue weighted by molar-refractivity contribution is 4.68. The smallest absolute Gasteiger partial charge is 0.189 e. The van der Waals surface area contributed by atoms with E-state index in [1.807, 2.05) is 13.8 Å². The van der Waals surface area contributed by atoms with Gasteiger partial charge in [-0.05, 0) is 20.8 Å². The molecule has 0 aliphatic carbocycles. The van der Waals surface area contributed by atoms with Crippen LogP contribution in [0.15, 0.2) is 0 Å². The minimum Gasteiger partial charge on any atom is -0.341 e. The summed E-state index contributed by atoms with van der Waals surface area (Å²) in [6.45, 7) is 6.23. The Labute approximate surface area is 54.8 Å². The zero-order valence-corrected chi connectivity index (χ0v) is 6.01. The number of hydrogen-bond acceptors (Lipinski definition) is 3. The molecule has 1 unspecified atom stereocenters. The summed E-state index contributed by atoms with van der Waals surface area (Å²) in [5.74, 6) is 0. The van der Waals surface area contributed by atoms with Gasteiger partial charge in [0.25, 0.3) is 0 Å². The van der Waals surface area contributed by atoms with Gasteiger partial charge in [-0.25, -0.2) is 9.78 Å². The average molecular weight is 132 g/mol. The largest absolute Gasteiger partial charge is 0.341 e. The lowest BCUT2D eigenvalue weighted by Gasteiger charge is -2.32. The standard InChI is InChI=1S/C6H12O3/c1-5-8-6(2,3)4-7-9-5/h5H,4H2,1-3H3. The molecule has 0 bridgehead atoms. The molecule has 1 aliphatic heterocycles. The highest BCUT2D eigenvalue weighted by Crippen LogP contribution is 2.18. The molecule has 1 atom stereocenters. The van der Waals surface area contributed by atoms with Gasteiger partial charge >= 0.3 is 0 Å². The molecule has 0 aromatic carbocycles. The minimum absolute atomic E-state index is 0.197.